The molecule has 0 radical (unpaired) electrons. The molecular weight excluding hydrogens is 451 g/mol. The van der Waals surface area contributed by atoms with Crippen LogP contribution >= 0.6 is 23.2 Å². The summed E-state index contributed by atoms with van der Waals surface area (Å²) in [5, 5.41) is 12.3. The van der Waals surface area contributed by atoms with Crippen LogP contribution in [0, 0.1) is 0 Å². The fraction of sp³-hybridized carbons (Fsp3) is 0.167. The Morgan fingerprint density at radius 2 is 1.66 bits per heavy atom. The predicted octanol–water partition coefficient (Wildman–Crippen LogP) is 6.00. The van der Waals surface area contributed by atoms with E-state index in [9.17, 15) is 9.59 Å². The molecule has 164 valence electrons. The number of carboxylic acid groups (broad SMARTS) is 1. The van der Waals surface area contributed by atoms with Gasteiger partial charge in [0.05, 0.1) is 16.5 Å². The number of carbonyl (C=O) groups excluding carboxylic acids is 1. The Bertz CT molecular complexity index is 1180. The van der Waals surface area contributed by atoms with Gasteiger partial charge in [0, 0.05) is 18.8 Å². The van der Waals surface area contributed by atoms with Gasteiger partial charge in [0.2, 0.25) is 0 Å². The third-order valence-corrected chi connectivity index (χ3v) is 5.76. The van der Waals surface area contributed by atoms with Crippen LogP contribution in [0.4, 0.5) is 10.5 Å². The topological polar surface area (TPSA) is 78.9 Å². The maximum Gasteiger partial charge on any atom is 0.322 e. The summed E-state index contributed by atoms with van der Waals surface area (Å²) in [5.41, 5.74) is 3.55. The first-order valence-corrected chi connectivity index (χ1v) is 10.7. The number of nitrogens with one attached hydrogen (secondary N) is 1. The Kier molecular flexibility index (Phi) is 6.53. The molecule has 4 rings (SSSR count). The number of ether oxygens (including phenoxy) is 1. The van der Waals surface area contributed by atoms with Crippen LogP contribution in [0.25, 0.3) is 0 Å². The number of aliphatic carboxylic acids is 1. The number of fused-ring (bicyclic) bond motifs is 1. The summed E-state index contributed by atoms with van der Waals surface area (Å²) in [6.07, 6.45) is 0.695. The third-order valence-electron chi connectivity index (χ3n) is 5.17. The minimum absolute atomic E-state index is 0.127. The van der Waals surface area contributed by atoms with Gasteiger partial charge in [0.25, 0.3) is 0 Å². The van der Waals surface area contributed by atoms with Crippen LogP contribution in [0.3, 0.4) is 0 Å². The molecule has 6 nitrogen and oxygen atoms in total. The molecule has 2 amide bonds. The van der Waals surface area contributed by atoms with Crippen LogP contribution in [0.1, 0.15) is 16.7 Å². The Morgan fingerprint density at radius 1 is 0.969 bits per heavy atom. The number of anilines is 1. The maximum absolute atomic E-state index is 12.7. The molecule has 3 aromatic carbocycles. The van der Waals surface area contributed by atoms with Gasteiger partial charge in [-0.1, -0.05) is 53.5 Å². The highest BCUT2D eigenvalue weighted by atomic mass is 35.5. The van der Waals surface area contributed by atoms with Gasteiger partial charge in [0.1, 0.15) is 11.5 Å². The maximum atomic E-state index is 12.7. The molecule has 0 saturated heterocycles. The van der Waals surface area contributed by atoms with Gasteiger partial charge in [-0.2, -0.15) is 0 Å². The molecule has 1 heterocycles. The van der Waals surface area contributed by atoms with E-state index in [1.54, 1.807) is 41.3 Å². The Hall–Kier alpha value is -3.22. The number of carbonyl (C=O) groups is 2. The molecule has 32 heavy (non-hydrogen) atoms. The zero-order valence-electron chi connectivity index (χ0n) is 17.0. The lowest BCUT2D eigenvalue weighted by Crippen LogP contribution is -2.38. The molecule has 2 N–H and O–H groups in total. The van der Waals surface area contributed by atoms with Crippen LogP contribution in [-0.4, -0.2) is 28.6 Å². The number of amides is 2. The number of halogens is 2. The van der Waals surface area contributed by atoms with E-state index in [0.717, 1.165) is 12.0 Å². The van der Waals surface area contributed by atoms with Crippen molar-refractivity contribution in [3.05, 3.63) is 87.4 Å². The minimum Gasteiger partial charge on any atom is -0.481 e. The highest BCUT2D eigenvalue weighted by Crippen LogP contribution is 2.35. The number of hydrogen-bond acceptors (Lipinski definition) is 3. The lowest BCUT2D eigenvalue weighted by atomic mass is 10.0. The summed E-state index contributed by atoms with van der Waals surface area (Å²) >= 11 is 12.6. The summed E-state index contributed by atoms with van der Waals surface area (Å²) in [7, 11) is 0. The van der Waals surface area contributed by atoms with Gasteiger partial charge in [-0.05, 0) is 53.4 Å². The van der Waals surface area contributed by atoms with E-state index in [2.05, 4.69) is 11.4 Å². The van der Waals surface area contributed by atoms with Crippen molar-refractivity contribution in [3.63, 3.8) is 0 Å². The van der Waals surface area contributed by atoms with Crippen molar-refractivity contribution < 1.29 is 19.4 Å². The van der Waals surface area contributed by atoms with E-state index >= 15 is 0 Å². The van der Waals surface area contributed by atoms with Gasteiger partial charge >= 0.3 is 12.0 Å². The number of hydrogen-bond donors (Lipinski definition) is 2. The van der Waals surface area contributed by atoms with E-state index in [4.69, 9.17) is 33.0 Å². The molecule has 0 fully saturated rings. The van der Waals surface area contributed by atoms with E-state index in [-0.39, 0.29) is 17.5 Å². The second-order valence-electron chi connectivity index (χ2n) is 7.45. The molecule has 0 aliphatic carbocycles. The van der Waals surface area contributed by atoms with Crippen molar-refractivity contribution in [2.75, 3.05) is 11.9 Å². The van der Waals surface area contributed by atoms with Crippen LogP contribution in [0.15, 0.2) is 60.7 Å². The summed E-state index contributed by atoms with van der Waals surface area (Å²) < 4.78 is 5.78. The first-order chi connectivity index (χ1) is 15.4. The molecular formula is C24H20Cl2N2O4. The van der Waals surface area contributed by atoms with Gasteiger partial charge in [-0.25, -0.2) is 4.79 Å². The van der Waals surface area contributed by atoms with Crippen LogP contribution < -0.4 is 10.1 Å². The van der Waals surface area contributed by atoms with Gasteiger partial charge in [-0.3, -0.25) is 4.79 Å². The average Bonchev–Trinajstić information content (AvgIpc) is 2.76. The smallest absolute Gasteiger partial charge is 0.322 e. The first kappa shape index (κ1) is 22.0. The molecule has 1 aliphatic heterocycles. The fourth-order valence-corrected chi connectivity index (χ4v) is 4.02. The molecule has 1 aliphatic rings. The summed E-state index contributed by atoms with van der Waals surface area (Å²) in [5.74, 6) is -0.222. The monoisotopic (exact) mass is 470 g/mol. The molecule has 0 unspecified atom stereocenters. The van der Waals surface area contributed by atoms with E-state index < -0.39 is 5.97 Å². The third kappa shape index (κ3) is 5.15. The van der Waals surface area contributed by atoms with E-state index in [1.807, 2.05) is 18.2 Å². The number of nitrogens with zero attached hydrogens (tertiary/aromatic N) is 1. The Labute approximate surface area is 195 Å². The molecule has 3 aromatic rings. The summed E-state index contributed by atoms with van der Waals surface area (Å²) in [6, 6.07) is 17.7. The highest BCUT2D eigenvalue weighted by molar-refractivity contribution is 6.33. The van der Waals surface area contributed by atoms with Crippen molar-refractivity contribution in [1.29, 1.82) is 0 Å². The number of carboxylic acids is 1. The molecule has 0 spiro atoms. The van der Waals surface area contributed by atoms with Crippen LogP contribution in [0.5, 0.6) is 11.5 Å². The van der Waals surface area contributed by atoms with Gasteiger partial charge in [-0.15, -0.1) is 0 Å². The Morgan fingerprint density at radius 3 is 2.34 bits per heavy atom. The predicted molar refractivity (Wildman–Crippen MR) is 124 cm³/mol. The van der Waals surface area contributed by atoms with Crippen molar-refractivity contribution >= 4 is 40.9 Å². The lowest BCUT2D eigenvalue weighted by Gasteiger charge is -2.29. The fourth-order valence-electron chi connectivity index (χ4n) is 3.56. The molecule has 0 atom stereocenters. The number of urea groups is 1. The zero-order chi connectivity index (χ0) is 22.7. The zero-order valence-corrected chi connectivity index (χ0v) is 18.5. The van der Waals surface area contributed by atoms with Crippen molar-refractivity contribution in [1.82, 2.24) is 4.90 Å². The number of rotatable bonds is 5. The largest absolute Gasteiger partial charge is 0.481 e. The summed E-state index contributed by atoms with van der Waals surface area (Å²) in [4.78, 5) is 25.3. The van der Waals surface area contributed by atoms with Crippen molar-refractivity contribution in [2.45, 2.75) is 19.4 Å². The van der Waals surface area contributed by atoms with Gasteiger partial charge in [0.15, 0.2) is 0 Å². The minimum atomic E-state index is -0.941. The summed E-state index contributed by atoms with van der Waals surface area (Å²) in [6.45, 7) is 1.21. The number of benzene rings is 3. The molecule has 0 aromatic heterocycles. The molecule has 0 bridgehead atoms. The normalized spacial score (nSPS) is 12.8. The Balaban J connectivity index is 1.41. The average molecular weight is 471 g/mol. The quantitative estimate of drug-likeness (QED) is 0.478. The van der Waals surface area contributed by atoms with Crippen LogP contribution in [0.2, 0.25) is 10.0 Å². The first-order valence-electron chi connectivity index (χ1n) is 9.99. The molecule has 8 heteroatoms. The lowest BCUT2D eigenvalue weighted by molar-refractivity contribution is -0.136. The van der Waals surface area contributed by atoms with Crippen molar-refractivity contribution in [3.8, 4) is 11.5 Å². The van der Waals surface area contributed by atoms with E-state index in [1.165, 1.54) is 5.56 Å². The van der Waals surface area contributed by atoms with Gasteiger partial charge < -0.3 is 20.1 Å². The standard InChI is InChI=1S/C24H20Cl2N2O4/c25-19-11-15(12-23(29)30)5-7-21(19)32-22-8-6-18(13-20(22)26)27-24(31)28-10-9-16-3-1-2-4-17(16)14-28/h1-8,11,13H,9-10,12,14H2,(H,27,31)(H,29,30). The van der Waals surface area contributed by atoms with Crippen LogP contribution in [-0.2, 0) is 24.2 Å². The second-order valence-corrected chi connectivity index (χ2v) is 8.27. The second kappa shape index (κ2) is 9.51. The highest BCUT2D eigenvalue weighted by Gasteiger charge is 2.20. The molecule has 0 saturated carbocycles. The van der Waals surface area contributed by atoms with Crippen molar-refractivity contribution in [2.24, 2.45) is 0 Å². The SMILES string of the molecule is O=C(O)Cc1ccc(Oc2ccc(NC(=O)N3CCc4ccccc4C3)cc2Cl)c(Cl)c1. The van der Waals surface area contributed by atoms with E-state index in [0.29, 0.717) is 40.9 Å².